The predicted molar refractivity (Wildman–Crippen MR) is 70.9 cm³/mol. The molecule has 1 aromatic rings. The fourth-order valence-corrected chi connectivity index (χ4v) is 2.22. The predicted octanol–water partition coefficient (Wildman–Crippen LogP) is 2.91. The van der Waals surface area contributed by atoms with Gasteiger partial charge >= 0.3 is 0 Å². The molecule has 0 aromatic carbocycles. The molecule has 1 aliphatic rings. The molecule has 0 saturated heterocycles. The van der Waals surface area contributed by atoms with Gasteiger partial charge in [0.25, 0.3) is 0 Å². The van der Waals surface area contributed by atoms with Gasteiger partial charge in [-0.05, 0) is 57.4 Å². The first-order valence-corrected chi connectivity index (χ1v) is 7.00. The van der Waals surface area contributed by atoms with E-state index in [2.05, 4.69) is 35.9 Å². The second-order valence-corrected chi connectivity index (χ2v) is 5.44. The lowest BCUT2D eigenvalue weighted by Gasteiger charge is -2.09. The summed E-state index contributed by atoms with van der Waals surface area (Å²) >= 11 is 0. The lowest BCUT2D eigenvalue weighted by Crippen LogP contribution is -2.22. The zero-order valence-electron chi connectivity index (χ0n) is 11.1. The first kappa shape index (κ1) is 12.6. The molecule has 1 aromatic heterocycles. The molecule has 1 saturated carbocycles. The van der Waals surface area contributed by atoms with E-state index in [4.69, 9.17) is 5.73 Å². The summed E-state index contributed by atoms with van der Waals surface area (Å²) in [5.74, 6) is 0.827. The van der Waals surface area contributed by atoms with E-state index in [9.17, 15) is 0 Å². The van der Waals surface area contributed by atoms with E-state index >= 15 is 0 Å². The fourth-order valence-electron chi connectivity index (χ4n) is 2.22. The van der Waals surface area contributed by atoms with Crippen LogP contribution in [0, 0.1) is 5.92 Å². The summed E-state index contributed by atoms with van der Waals surface area (Å²) in [6.45, 7) is 4.40. The quantitative estimate of drug-likeness (QED) is 0.789. The van der Waals surface area contributed by atoms with Crippen LogP contribution in [0.3, 0.4) is 0 Å². The Hall–Kier alpha value is -0.830. The molecule has 2 atom stereocenters. The van der Waals surface area contributed by atoms with E-state index in [1.807, 2.05) is 0 Å². The van der Waals surface area contributed by atoms with Crippen LogP contribution in [-0.2, 0) is 6.42 Å². The van der Waals surface area contributed by atoms with Crippen molar-refractivity contribution < 1.29 is 0 Å². The highest BCUT2D eigenvalue weighted by atomic mass is 15.3. The highest BCUT2D eigenvalue weighted by Gasteiger charge is 2.27. The Morgan fingerprint density at radius 1 is 1.53 bits per heavy atom. The van der Waals surface area contributed by atoms with Crippen LogP contribution in [-0.4, -0.2) is 15.8 Å². The molecule has 2 N–H and O–H groups in total. The van der Waals surface area contributed by atoms with E-state index in [0.29, 0.717) is 12.1 Å². The third-order valence-corrected chi connectivity index (χ3v) is 3.90. The van der Waals surface area contributed by atoms with E-state index < -0.39 is 0 Å². The van der Waals surface area contributed by atoms with Crippen LogP contribution in [0.4, 0.5) is 0 Å². The van der Waals surface area contributed by atoms with Crippen LogP contribution in [0.25, 0.3) is 0 Å². The second-order valence-electron chi connectivity index (χ2n) is 5.44. The molecule has 1 fully saturated rings. The normalized spacial score (nSPS) is 19.2. The van der Waals surface area contributed by atoms with E-state index in [-0.39, 0.29) is 0 Å². The minimum absolute atomic E-state index is 0.437. The van der Waals surface area contributed by atoms with Crippen molar-refractivity contribution in [3.05, 3.63) is 18.0 Å². The van der Waals surface area contributed by atoms with Gasteiger partial charge in [-0.2, -0.15) is 5.10 Å². The number of aryl methyl sites for hydroxylation is 1. The average molecular weight is 235 g/mol. The van der Waals surface area contributed by atoms with Crippen molar-refractivity contribution in [1.82, 2.24) is 9.78 Å². The van der Waals surface area contributed by atoms with Crippen molar-refractivity contribution in [3.63, 3.8) is 0 Å². The van der Waals surface area contributed by atoms with Gasteiger partial charge in [0, 0.05) is 18.3 Å². The Labute approximate surface area is 104 Å². The zero-order chi connectivity index (χ0) is 12.3. The van der Waals surface area contributed by atoms with Crippen molar-refractivity contribution in [2.45, 2.75) is 64.5 Å². The summed E-state index contributed by atoms with van der Waals surface area (Å²) in [6, 6.07) is 3.10. The molecule has 2 rings (SSSR count). The highest BCUT2D eigenvalue weighted by molar-refractivity contribution is 5.00. The van der Waals surface area contributed by atoms with Crippen molar-refractivity contribution >= 4 is 0 Å². The Morgan fingerprint density at radius 3 is 2.94 bits per heavy atom. The smallest absolute Gasteiger partial charge is 0.0624 e. The monoisotopic (exact) mass is 235 g/mol. The number of hydrogen-bond donors (Lipinski definition) is 1. The Kier molecular flexibility index (Phi) is 4.21. The molecule has 2 unspecified atom stereocenters. The molecule has 96 valence electrons. The van der Waals surface area contributed by atoms with E-state index in [1.165, 1.54) is 25.0 Å². The van der Waals surface area contributed by atoms with Gasteiger partial charge < -0.3 is 5.73 Å². The lowest BCUT2D eigenvalue weighted by atomic mass is 10.1. The number of nitrogens with two attached hydrogens (primary N) is 1. The van der Waals surface area contributed by atoms with Gasteiger partial charge in [-0.1, -0.05) is 6.92 Å². The summed E-state index contributed by atoms with van der Waals surface area (Å²) in [4.78, 5) is 0. The zero-order valence-corrected chi connectivity index (χ0v) is 11.1. The van der Waals surface area contributed by atoms with E-state index in [1.54, 1.807) is 0 Å². The second kappa shape index (κ2) is 5.67. The van der Waals surface area contributed by atoms with Gasteiger partial charge in [0.2, 0.25) is 0 Å². The van der Waals surface area contributed by atoms with Gasteiger partial charge in [-0.15, -0.1) is 0 Å². The van der Waals surface area contributed by atoms with Crippen LogP contribution in [0.1, 0.15) is 57.7 Å². The van der Waals surface area contributed by atoms with Gasteiger partial charge in [0.05, 0.1) is 5.69 Å². The maximum Gasteiger partial charge on any atom is 0.0624 e. The SMILES string of the molecule is CCC(C)n1ccc(CCCC(N)C2CC2)n1. The first-order valence-electron chi connectivity index (χ1n) is 7.00. The molecule has 0 spiro atoms. The lowest BCUT2D eigenvalue weighted by molar-refractivity contribution is 0.470. The van der Waals surface area contributed by atoms with Crippen LogP contribution in [0.15, 0.2) is 12.3 Å². The van der Waals surface area contributed by atoms with Gasteiger partial charge in [-0.3, -0.25) is 4.68 Å². The third kappa shape index (κ3) is 3.56. The van der Waals surface area contributed by atoms with Gasteiger partial charge in [-0.25, -0.2) is 0 Å². The largest absolute Gasteiger partial charge is 0.327 e. The Morgan fingerprint density at radius 2 is 2.29 bits per heavy atom. The summed E-state index contributed by atoms with van der Waals surface area (Å²) in [5, 5.41) is 4.61. The molecule has 0 bridgehead atoms. The van der Waals surface area contributed by atoms with E-state index in [0.717, 1.165) is 25.2 Å². The summed E-state index contributed by atoms with van der Waals surface area (Å²) in [5.41, 5.74) is 7.31. The van der Waals surface area contributed by atoms with Crippen LogP contribution in [0.2, 0.25) is 0 Å². The molecule has 0 radical (unpaired) electrons. The maximum absolute atomic E-state index is 6.09. The minimum atomic E-state index is 0.437. The maximum atomic E-state index is 6.09. The number of aromatic nitrogens is 2. The molecular weight excluding hydrogens is 210 g/mol. The molecular formula is C14H25N3. The molecule has 17 heavy (non-hydrogen) atoms. The standard InChI is InChI=1S/C14H25N3/c1-3-11(2)17-10-9-13(16-17)5-4-6-14(15)12-7-8-12/h9-12,14H,3-8,15H2,1-2H3. The Balaban J connectivity index is 1.72. The molecule has 1 aliphatic carbocycles. The topological polar surface area (TPSA) is 43.8 Å². The van der Waals surface area contributed by atoms with Gasteiger partial charge in [0.1, 0.15) is 0 Å². The van der Waals surface area contributed by atoms with Crippen LogP contribution in [0.5, 0.6) is 0 Å². The fraction of sp³-hybridized carbons (Fsp3) is 0.786. The van der Waals surface area contributed by atoms with Crippen LogP contribution < -0.4 is 5.73 Å². The van der Waals surface area contributed by atoms with Crippen LogP contribution >= 0.6 is 0 Å². The highest BCUT2D eigenvalue weighted by Crippen LogP contribution is 2.33. The number of nitrogens with zero attached hydrogens (tertiary/aromatic N) is 2. The Bertz CT molecular complexity index is 341. The van der Waals surface area contributed by atoms with Crippen molar-refractivity contribution in [3.8, 4) is 0 Å². The molecule has 0 aliphatic heterocycles. The molecule has 0 amide bonds. The van der Waals surface area contributed by atoms with Crippen molar-refractivity contribution in [2.24, 2.45) is 11.7 Å². The molecule has 3 heteroatoms. The first-order chi connectivity index (χ1) is 8.20. The summed E-state index contributed by atoms with van der Waals surface area (Å²) in [6.07, 6.45) is 9.34. The molecule has 3 nitrogen and oxygen atoms in total. The minimum Gasteiger partial charge on any atom is -0.327 e. The van der Waals surface area contributed by atoms with Crippen molar-refractivity contribution in [1.29, 1.82) is 0 Å². The average Bonchev–Trinajstić information content (AvgIpc) is 3.08. The summed E-state index contributed by atoms with van der Waals surface area (Å²) < 4.78 is 2.08. The summed E-state index contributed by atoms with van der Waals surface area (Å²) in [7, 11) is 0. The number of rotatable bonds is 7. The number of hydrogen-bond acceptors (Lipinski definition) is 2. The van der Waals surface area contributed by atoms with Gasteiger partial charge in [0.15, 0.2) is 0 Å². The molecule has 1 heterocycles. The third-order valence-electron chi connectivity index (χ3n) is 3.90. The van der Waals surface area contributed by atoms with Crippen molar-refractivity contribution in [2.75, 3.05) is 0 Å².